The molecule has 0 aliphatic heterocycles. The Labute approximate surface area is 104 Å². The quantitative estimate of drug-likeness (QED) is 0.764. The molecule has 0 heterocycles. The van der Waals surface area contributed by atoms with Crippen LogP contribution in [0.5, 0.6) is 5.75 Å². The van der Waals surface area contributed by atoms with Gasteiger partial charge in [-0.2, -0.15) is 0 Å². The van der Waals surface area contributed by atoms with E-state index in [0.717, 1.165) is 25.3 Å². The Morgan fingerprint density at radius 3 is 2.76 bits per heavy atom. The van der Waals surface area contributed by atoms with E-state index in [0.29, 0.717) is 0 Å². The molecule has 1 aromatic carbocycles. The lowest BCUT2D eigenvalue weighted by atomic mass is 9.90. The van der Waals surface area contributed by atoms with Gasteiger partial charge < -0.3 is 15.2 Å². The van der Waals surface area contributed by atoms with Gasteiger partial charge in [0, 0.05) is 19.7 Å². The monoisotopic (exact) mass is 237 g/mol. The third-order valence-corrected chi connectivity index (χ3v) is 2.86. The van der Waals surface area contributed by atoms with Gasteiger partial charge in [0.05, 0.1) is 7.11 Å². The molecule has 0 unspecified atom stereocenters. The smallest absolute Gasteiger partial charge is 0.119 e. The summed E-state index contributed by atoms with van der Waals surface area (Å²) in [4.78, 5) is 0. The van der Waals surface area contributed by atoms with Crippen LogP contribution in [0.4, 0.5) is 0 Å². The second-order valence-corrected chi connectivity index (χ2v) is 5.09. The Kier molecular flexibility index (Phi) is 5.45. The minimum Gasteiger partial charge on any atom is -0.497 e. The van der Waals surface area contributed by atoms with Gasteiger partial charge in [-0.1, -0.05) is 26.0 Å². The van der Waals surface area contributed by atoms with Gasteiger partial charge in [0.25, 0.3) is 0 Å². The maximum Gasteiger partial charge on any atom is 0.119 e. The van der Waals surface area contributed by atoms with Gasteiger partial charge >= 0.3 is 0 Å². The first-order valence-electron chi connectivity index (χ1n) is 6.02. The maximum absolute atomic E-state index is 8.94. The molecule has 0 aliphatic rings. The molecule has 0 amide bonds. The number of nitrogens with one attached hydrogen (secondary N) is 1. The summed E-state index contributed by atoms with van der Waals surface area (Å²) in [5.41, 5.74) is 1.34. The first-order chi connectivity index (χ1) is 8.07. The fraction of sp³-hybridized carbons (Fsp3) is 0.571. The molecule has 0 saturated carbocycles. The lowest BCUT2D eigenvalue weighted by molar-refractivity contribution is 0.207. The van der Waals surface area contributed by atoms with Crippen molar-refractivity contribution < 1.29 is 9.84 Å². The summed E-state index contributed by atoms with van der Waals surface area (Å²) in [6.07, 6.45) is 0.818. The van der Waals surface area contributed by atoms with Gasteiger partial charge in [-0.05, 0) is 29.5 Å². The molecule has 0 radical (unpaired) electrons. The van der Waals surface area contributed by atoms with Gasteiger partial charge in [0.2, 0.25) is 0 Å². The van der Waals surface area contributed by atoms with Crippen molar-refractivity contribution in [2.45, 2.75) is 26.8 Å². The zero-order chi connectivity index (χ0) is 12.7. The molecule has 0 spiro atoms. The van der Waals surface area contributed by atoms with E-state index >= 15 is 0 Å². The SMILES string of the molecule is COc1cccc(CNCC(C)(C)CCO)c1. The van der Waals surface area contributed by atoms with Crippen molar-refractivity contribution >= 4 is 0 Å². The summed E-state index contributed by atoms with van der Waals surface area (Å²) in [6, 6.07) is 8.05. The van der Waals surface area contributed by atoms with Crippen LogP contribution in [0.15, 0.2) is 24.3 Å². The zero-order valence-corrected chi connectivity index (χ0v) is 11.0. The topological polar surface area (TPSA) is 41.5 Å². The summed E-state index contributed by atoms with van der Waals surface area (Å²) < 4.78 is 5.18. The first-order valence-corrected chi connectivity index (χ1v) is 6.02. The van der Waals surface area contributed by atoms with Crippen molar-refractivity contribution in [3.63, 3.8) is 0 Å². The Balaban J connectivity index is 2.40. The van der Waals surface area contributed by atoms with Crippen molar-refractivity contribution in [1.29, 1.82) is 0 Å². The number of aliphatic hydroxyl groups excluding tert-OH is 1. The van der Waals surface area contributed by atoms with Crippen molar-refractivity contribution in [3.05, 3.63) is 29.8 Å². The van der Waals surface area contributed by atoms with E-state index in [1.807, 2.05) is 18.2 Å². The molecule has 0 atom stereocenters. The highest BCUT2D eigenvalue weighted by atomic mass is 16.5. The predicted octanol–water partition coefficient (Wildman–Crippen LogP) is 2.19. The molecule has 1 aromatic rings. The molecule has 0 aromatic heterocycles. The van der Waals surface area contributed by atoms with Crippen molar-refractivity contribution in [1.82, 2.24) is 5.32 Å². The molecule has 3 nitrogen and oxygen atoms in total. The van der Waals surface area contributed by atoms with Gasteiger partial charge in [-0.15, -0.1) is 0 Å². The highest BCUT2D eigenvalue weighted by molar-refractivity contribution is 5.28. The van der Waals surface area contributed by atoms with Crippen LogP contribution in [-0.4, -0.2) is 25.4 Å². The minimum atomic E-state index is 0.133. The van der Waals surface area contributed by atoms with Crippen LogP contribution in [0.3, 0.4) is 0 Å². The molecule has 3 heteroatoms. The number of hydrogen-bond acceptors (Lipinski definition) is 3. The van der Waals surface area contributed by atoms with Crippen molar-refractivity contribution in [3.8, 4) is 5.75 Å². The van der Waals surface area contributed by atoms with E-state index in [9.17, 15) is 0 Å². The third-order valence-electron chi connectivity index (χ3n) is 2.86. The fourth-order valence-electron chi connectivity index (χ4n) is 1.72. The molecule has 0 bridgehead atoms. The molecule has 17 heavy (non-hydrogen) atoms. The van der Waals surface area contributed by atoms with Crippen LogP contribution in [0.25, 0.3) is 0 Å². The second kappa shape index (κ2) is 6.62. The van der Waals surface area contributed by atoms with E-state index < -0.39 is 0 Å². The van der Waals surface area contributed by atoms with Gasteiger partial charge in [0.15, 0.2) is 0 Å². The van der Waals surface area contributed by atoms with Crippen molar-refractivity contribution in [2.75, 3.05) is 20.3 Å². The van der Waals surface area contributed by atoms with E-state index in [4.69, 9.17) is 9.84 Å². The Bertz CT molecular complexity index is 337. The van der Waals surface area contributed by atoms with Crippen LogP contribution in [0.1, 0.15) is 25.8 Å². The highest BCUT2D eigenvalue weighted by Gasteiger charge is 2.16. The summed E-state index contributed by atoms with van der Waals surface area (Å²) in [7, 11) is 1.68. The van der Waals surface area contributed by atoms with E-state index in [2.05, 4.69) is 25.2 Å². The molecule has 96 valence electrons. The molecule has 0 aliphatic carbocycles. The summed E-state index contributed by atoms with van der Waals surface area (Å²) in [5, 5.41) is 12.4. The van der Waals surface area contributed by atoms with E-state index in [1.165, 1.54) is 5.56 Å². The third kappa shape index (κ3) is 5.20. The lowest BCUT2D eigenvalue weighted by Gasteiger charge is -2.24. The van der Waals surface area contributed by atoms with Crippen LogP contribution in [0, 0.1) is 5.41 Å². The predicted molar refractivity (Wildman–Crippen MR) is 70.2 cm³/mol. The summed E-state index contributed by atoms with van der Waals surface area (Å²) in [6.45, 7) is 6.27. The standard InChI is InChI=1S/C14H23NO2/c1-14(2,7-8-16)11-15-10-12-5-4-6-13(9-12)17-3/h4-6,9,15-16H,7-8,10-11H2,1-3H3. The van der Waals surface area contributed by atoms with Crippen LogP contribution in [0.2, 0.25) is 0 Å². The zero-order valence-electron chi connectivity index (χ0n) is 11.0. The molecule has 2 N–H and O–H groups in total. The highest BCUT2D eigenvalue weighted by Crippen LogP contribution is 2.18. The number of benzene rings is 1. The second-order valence-electron chi connectivity index (χ2n) is 5.09. The van der Waals surface area contributed by atoms with Crippen LogP contribution >= 0.6 is 0 Å². The molecule has 0 saturated heterocycles. The molecule has 1 rings (SSSR count). The van der Waals surface area contributed by atoms with Gasteiger partial charge in [-0.25, -0.2) is 0 Å². The van der Waals surface area contributed by atoms with Crippen molar-refractivity contribution in [2.24, 2.45) is 5.41 Å². The van der Waals surface area contributed by atoms with E-state index in [-0.39, 0.29) is 12.0 Å². The fourth-order valence-corrected chi connectivity index (χ4v) is 1.72. The van der Waals surface area contributed by atoms with Gasteiger partial charge in [0.1, 0.15) is 5.75 Å². The van der Waals surface area contributed by atoms with E-state index in [1.54, 1.807) is 7.11 Å². The number of methoxy groups -OCH3 is 1. The number of aliphatic hydroxyl groups is 1. The summed E-state index contributed by atoms with van der Waals surface area (Å²) in [5.74, 6) is 0.888. The maximum atomic E-state index is 8.94. The molecule has 0 fully saturated rings. The van der Waals surface area contributed by atoms with Gasteiger partial charge in [-0.3, -0.25) is 0 Å². The number of ether oxygens (including phenoxy) is 1. The Morgan fingerprint density at radius 1 is 1.35 bits per heavy atom. The average molecular weight is 237 g/mol. The number of rotatable bonds is 7. The van der Waals surface area contributed by atoms with Crippen LogP contribution in [-0.2, 0) is 6.54 Å². The minimum absolute atomic E-state index is 0.133. The average Bonchev–Trinajstić information content (AvgIpc) is 2.29. The first kappa shape index (κ1) is 14.0. The number of hydrogen-bond donors (Lipinski definition) is 2. The molecular weight excluding hydrogens is 214 g/mol. The largest absolute Gasteiger partial charge is 0.497 e. The lowest BCUT2D eigenvalue weighted by Crippen LogP contribution is -2.29. The normalized spacial score (nSPS) is 11.5. The Morgan fingerprint density at radius 2 is 2.12 bits per heavy atom. The van der Waals surface area contributed by atoms with Crippen LogP contribution < -0.4 is 10.1 Å². The summed E-state index contributed by atoms with van der Waals surface area (Å²) >= 11 is 0. The Hall–Kier alpha value is -1.06. The molecular formula is C14H23NO2.